The van der Waals surface area contributed by atoms with Crippen LogP contribution in [0.4, 0.5) is 0 Å². The molecule has 1 atom stereocenters. The molecule has 0 spiro atoms. The number of hydrogen-bond donors (Lipinski definition) is 1. The molecule has 0 saturated heterocycles. The molecule has 0 heterocycles. The Balaban J connectivity index is 2.62. The number of thioether (sulfide) groups is 1. The fraction of sp³-hybridized carbons (Fsp3) is 0.571. The Morgan fingerprint density at radius 3 is 2.56 bits per heavy atom. The summed E-state index contributed by atoms with van der Waals surface area (Å²) in [5, 5.41) is 11.0. The lowest BCUT2D eigenvalue weighted by molar-refractivity contribution is -0.0974. The third kappa shape index (κ3) is 3.89. The minimum Gasteiger partial charge on any atom is -0.389 e. The fourth-order valence-corrected chi connectivity index (χ4v) is 3.32. The zero-order valence-electron chi connectivity index (χ0n) is 11.1. The van der Waals surface area contributed by atoms with Crippen molar-refractivity contribution in [1.29, 1.82) is 0 Å². The normalized spacial score (nSPS) is 13.6. The molecule has 0 saturated carbocycles. The van der Waals surface area contributed by atoms with E-state index in [1.165, 1.54) is 0 Å². The summed E-state index contributed by atoms with van der Waals surface area (Å²) in [5.41, 5.74) is -0.439. The number of benzene rings is 1. The first-order chi connectivity index (χ1) is 8.57. The monoisotopic (exact) mass is 288 g/mol. The minimum absolute atomic E-state index is 0.439. The highest BCUT2D eigenvalue weighted by molar-refractivity contribution is 7.99. The zero-order valence-corrected chi connectivity index (χ0v) is 12.7. The number of aliphatic hydroxyl groups excluding tert-OH is 1. The van der Waals surface area contributed by atoms with Crippen LogP contribution < -0.4 is 0 Å². The Kier molecular flexibility index (Phi) is 6.50. The van der Waals surface area contributed by atoms with Gasteiger partial charge >= 0.3 is 0 Å². The summed E-state index contributed by atoms with van der Waals surface area (Å²) in [6.45, 7) is 4.08. The molecule has 0 amide bonds. The lowest BCUT2D eigenvalue weighted by Gasteiger charge is -2.35. The Morgan fingerprint density at radius 1 is 1.39 bits per heavy atom. The first-order valence-electron chi connectivity index (χ1n) is 6.19. The van der Waals surface area contributed by atoms with Crippen LogP contribution >= 0.6 is 23.4 Å². The van der Waals surface area contributed by atoms with Gasteiger partial charge in [0.1, 0.15) is 0 Å². The summed E-state index contributed by atoms with van der Waals surface area (Å²) in [6, 6.07) is 7.67. The van der Waals surface area contributed by atoms with Crippen LogP contribution in [0.25, 0.3) is 0 Å². The minimum atomic E-state index is -0.485. The Bertz CT molecular complexity index is 358. The predicted molar refractivity (Wildman–Crippen MR) is 78.5 cm³/mol. The third-order valence-electron chi connectivity index (χ3n) is 3.41. The van der Waals surface area contributed by atoms with Gasteiger partial charge in [0.25, 0.3) is 0 Å². The van der Waals surface area contributed by atoms with E-state index < -0.39 is 11.7 Å². The quantitative estimate of drug-likeness (QED) is 0.769. The fourth-order valence-electron chi connectivity index (χ4n) is 2.03. The summed E-state index contributed by atoms with van der Waals surface area (Å²) in [6.07, 6.45) is 1.12. The highest BCUT2D eigenvalue weighted by Crippen LogP contribution is 2.29. The van der Waals surface area contributed by atoms with Crippen molar-refractivity contribution < 1.29 is 9.84 Å². The lowest BCUT2D eigenvalue weighted by Crippen LogP contribution is -2.44. The maximum atomic E-state index is 10.3. The topological polar surface area (TPSA) is 29.5 Å². The van der Waals surface area contributed by atoms with Gasteiger partial charge in [-0.15, -0.1) is 11.8 Å². The maximum Gasteiger partial charge on any atom is 0.0939 e. The van der Waals surface area contributed by atoms with E-state index >= 15 is 0 Å². The van der Waals surface area contributed by atoms with Crippen molar-refractivity contribution in [3.8, 4) is 0 Å². The van der Waals surface area contributed by atoms with E-state index in [0.717, 1.165) is 22.8 Å². The molecular weight excluding hydrogens is 268 g/mol. The average molecular weight is 289 g/mol. The Hall–Kier alpha value is -0.220. The molecule has 0 bridgehead atoms. The molecule has 0 radical (unpaired) electrons. The molecule has 1 rings (SSSR count). The largest absolute Gasteiger partial charge is 0.389 e. The number of ether oxygens (including phenoxy) is 1. The summed E-state index contributed by atoms with van der Waals surface area (Å²) in [7, 11) is 1.67. The van der Waals surface area contributed by atoms with Crippen LogP contribution in [-0.4, -0.2) is 29.7 Å². The molecule has 0 aromatic heterocycles. The van der Waals surface area contributed by atoms with Gasteiger partial charge in [-0.3, -0.25) is 0 Å². The van der Waals surface area contributed by atoms with Crippen molar-refractivity contribution >= 4 is 23.4 Å². The van der Waals surface area contributed by atoms with Gasteiger partial charge in [0, 0.05) is 22.8 Å². The molecule has 4 heteroatoms. The number of hydrogen-bond acceptors (Lipinski definition) is 3. The molecule has 1 unspecified atom stereocenters. The van der Waals surface area contributed by atoms with Crippen LogP contribution in [0.5, 0.6) is 0 Å². The summed E-state index contributed by atoms with van der Waals surface area (Å²) in [5.74, 6) is 0.607. The van der Waals surface area contributed by atoms with Gasteiger partial charge in [0.2, 0.25) is 0 Å². The van der Waals surface area contributed by atoms with E-state index in [1.807, 2.05) is 38.1 Å². The van der Waals surface area contributed by atoms with Gasteiger partial charge in [-0.25, -0.2) is 0 Å². The van der Waals surface area contributed by atoms with Gasteiger partial charge in [0.05, 0.1) is 11.7 Å². The van der Waals surface area contributed by atoms with Crippen LogP contribution in [0.1, 0.15) is 26.7 Å². The lowest BCUT2D eigenvalue weighted by atomic mass is 9.91. The van der Waals surface area contributed by atoms with E-state index in [4.69, 9.17) is 16.3 Å². The molecule has 2 nitrogen and oxygen atoms in total. The summed E-state index contributed by atoms with van der Waals surface area (Å²) in [4.78, 5) is 1.07. The standard InChI is InChI=1S/C14H21ClO2S/c1-4-14(5-2,17-3)13(16)10-18-12-8-6-7-11(15)9-12/h6-9,13,16H,4-5,10H2,1-3H3. The second-order valence-corrected chi connectivity index (χ2v) is 5.79. The first-order valence-corrected chi connectivity index (χ1v) is 7.56. The number of halogens is 1. The molecular formula is C14H21ClO2S. The molecule has 1 N–H and O–H groups in total. The van der Waals surface area contributed by atoms with Crippen molar-refractivity contribution in [2.75, 3.05) is 12.9 Å². The van der Waals surface area contributed by atoms with E-state index in [1.54, 1.807) is 18.9 Å². The average Bonchev–Trinajstić information content (AvgIpc) is 2.39. The SMILES string of the molecule is CCC(CC)(OC)C(O)CSc1cccc(Cl)c1. The van der Waals surface area contributed by atoms with Crippen molar-refractivity contribution in [2.24, 2.45) is 0 Å². The summed E-state index contributed by atoms with van der Waals surface area (Å²) >= 11 is 7.53. The molecule has 1 aromatic carbocycles. The van der Waals surface area contributed by atoms with E-state index in [2.05, 4.69) is 0 Å². The molecule has 0 aliphatic heterocycles. The van der Waals surface area contributed by atoms with Crippen molar-refractivity contribution in [2.45, 2.75) is 43.3 Å². The molecule has 0 aliphatic rings. The number of aliphatic hydroxyl groups is 1. The Morgan fingerprint density at radius 2 is 2.06 bits per heavy atom. The van der Waals surface area contributed by atoms with Gasteiger partial charge in [-0.1, -0.05) is 31.5 Å². The zero-order chi connectivity index (χ0) is 13.6. The molecule has 18 heavy (non-hydrogen) atoms. The highest BCUT2D eigenvalue weighted by atomic mass is 35.5. The second kappa shape index (κ2) is 7.39. The Labute approximate surface area is 119 Å². The predicted octanol–water partition coefficient (Wildman–Crippen LogP) is 4.00. The van der Waals surface area contributed by atoms with E-state index in [0.29, 0.717) is 5.75 Å². The second-order valence-electron chi connectivity index (χ2n) is 4.26. The maximum absolute atomic E-state index is 10.3. The van der Waals surface area contributed by atoms with Crippen LogP contribution in [-0.2, 0) is 4.74 Å². The van der Waals surface area contributed by atoms with Gasteiger partial charge in [-0.2, -0.15) is 0 Å². The summed E-state index contributed by atoms with van der Waals surface area (Å²) < 4.78 is 5.52. The highest BCUT2D eigenvalue weighted by Gasteiger charge is 2.34. The van der Waals surface area contributed by atoms with Gasteiger partial charge in [0.15, 0.2) is 0 Å². The smallest absolute Gasteiger partial charge is 0.0939 e. The third-order valence-corrected chi connectivity index (χ3v) is 4.72. The van der Waals surface area contributed by atoms with Crippen LogP contribution in [0.15, 0.2) is 29.2 Å². The molecule has 1 aromatic rings. The van der Waals surface area contributed by atoms with Crippen LogP contribution in [0.2, 0.25) is 5.02 Å². The van der Waals surface area contributed by atoms with Crippen molar-refractivity contribution in [3.63, 3.8) is 0 Å². The molecule has 102 valence electrons. The van der Waals surface area contributed by atoms with Crippen LogP contribution in [0, 0.1) is 0 Å². The molecule has 0 fully saturated rings. The van der Waals surface area contributed by atoms with Crippen molar-refractivity contribution in [1.82, 2.24) is 0 Å². The number of methoxy groups -OCH3 is 1. The molecule has 0 aliphatic carbocycles. The van der Waals surface area contributed by atoms with E-state index in [-0.39, 0.29) is 0 Å². The van der Waals surface area contributed by atoms with E-state index in [9.17, 15) is 5.11 Å². The van der Waals surface area contributed by atoms with Gasteiger partial charge < -0.3 is 9.84 Å². The first kappa shape index (κ1) is 15.8. The van der Waals surface area contributed by atoms with Crippen molar-refractivity contribution in [3.05, 3.63) is 29.3 Å². The van der Waals surface area contributed by atoms with Gasteiger partial charge in [-0.05, 0) is 31.0 Å². The van der Waals surface area contributed by atoms with Crippen LogP contribution in [0.3, 0.4) is 0 Å². The number of rotatable bonds is 7.